The van der Waals surface area contributed by atoms with Crippen LogP contribution in [-0.2, 0) is 6.54 Å². The summed E-state index contributed by atoms with van der Waals surface area (Å²) in [6.45, 7) is 4.34. The predicted octanol–water partition coefficient (Wildman–Crippen LogP) is 6.09. The average molecular weight is 406 g/mol. The summed E-state index contributed by atoms with van der Waals surface area (Å²) >= 11 is 0. The van der Waals surface area contributed by atoms with Crippen molar-refractivity contribution in [3.8, 4) is 16.9 Å². The Bertz CT molecular complexity index is 1410. The van der Waals surface area contributed by atoms with Crippen LogP contribution in [0.2, 0.25) is 0 Å². The summed E-state index contributed by atoms with van der Waals surface area (Å²) in [7, 11) is 0. The van der Waals surface area contributed by atoms with E-state index in [0.29, 0.717) is 6.61 Å². The normalized spacial score (nSPS) is 13.8. The number of fused-ring (bicyclic) bond motifs is 3. The van der Waals surface area contributed by atoms with E-state index in [-0.39, 0.29) is 0 Å². The van der Waals surface area contributed by atoms with Crippen LogP contribution < -0.4 is 9.64 Å². The minimum Gasteiger partial charge on any atom is -0.491 e. The molecular formula is C27H23N3O. The largest absolute Gasteiger partial charge is 0.491 e. The number of anilines is 1. The summed E-state index contributed by atoms with van der Waals surface area (Å²) in [5.41, 5.74) is 6.91. The third-order valence-electron chi connectivity index (χ3n) is 6.08. The number of rotatable bonds is 2. The molecule has 31 heavy (non-hydrogen) atoms. The van der Waals surface area contributed by atoms with Crippen LogP contribution in [-0.4, -0.2) is 23.1 Å². The monoisotopic (exact) mass is 405 g/mol. The van der Waals surface area contributed by atoms with Gasteiger partial charge in [0.2, 0.25) is 0 Å². The van der Waals surface area contributed by atoms with E-state index in [1.165, 1.54) is 33.2 Å². The van der Waals surface area contributed by atoms with Gasteiger partial charge in [0, 0.05) is 23.2 Å². The molecule has 4 heteroatoms. The molecule has 0 radical (unpaired) electrons. The summed E-state index contributed by atoms with van der Waals surface area (Å²) < 4.78 is 6.12. The minimum atomic E-state index is 0.676. The summed E-state index contributed by atoms with van der Waals surface area (Å²) in [5, 5.41) is 2.55. The van der Waals surface area contributed by atoms with E-state index in [0.717, 1.165) is 35.7 Å². The molecule has 0 amide bonds. The predicted molar refractivity (Wildman–Crippen MR) is 127 cm³/mol. The van der Waals surface area contributed by atoms with Crippen molar-refractivity contribution in [2.45, 2.75) is 13.5 Å². The lowest BCUT2D eigenvalue weighted by Gasteiger charge is -2.24. The molecule has 0 fully saturated rings. The molecule has 0 aliphatic carbocycles. The number of aromatic amines is 1. The van der Waals surface area contributed by atoms with E-state index in [2.05, 4.69) is 93.7 Å². The lowest BCUT2D eigenvalue weighted by atomic mass is 10.0. The van der Waals surface area contributed by atoms with Crippen LogP contribution in [0.3, 0.4) is 0 Å². The van der Waals surface area contributed by atoms with E-state index in [1.807, 2.05) is 6.92 Å². The van der Waals surface area contributed by atoms with Gasteiger partial charge in [0.15, 0.2) is 0 Å². The van der Waals surface area contributed by atoms with Gasteiger partial charge in [-0.3, -0.25) is 0 Å². The van der Waals surface area contributed by atoms with Gasteiger partial charge in [-0.15, -0.1) is 0 Å². The fourth-order valence-corrected chi connectivity index (χ4v) is 4.58. The SMILES string of the molecule is Cc1nc2ccc(-c3ccc4c(c3)CN(c3cccc5ccccc35)CCO4)cc2[nH]1. The van der Waals surface area contributed by atoms with Crippen LogP contribution in [0.5, 0.6) is 5.75 Å². The Morgan fingerprint density at radius 3 is 2.71 bits per heavy atom. The molecule has 4 nitrogen and oxygen atoms in total. The van der Waals surface area contributed by atoms with Gasteiger partial charge in [-0.1, -0.05) is 48.5 Å². The number of ether oxygens (including phenoxy) is 1. The summed E-state index contributed by atoms with van der Waals surface area (Å²) in [6.07, 6.45) is 0. The molecule has 1 aliphatic rings. The van der Waals surface area contributed by atoms with Crippen LogP contribution in [0.25, 0.3) is 32.9 Å². The fourth-order valence-electron chi connectivity index (χ4n) is 4.58. The van der Waals surface area contributed by atoms with Crippen molar-refractivity contribution in [1.82, 2.24) is 9.97 Å². The Balaban J connectivity index is 1.40. The average Bonchev–Trinajstić information content (AvgIpc) is 3.04. The number of hydrogen-bond donors (Lipinski definition) is 1. The van der Waals surface area contributed by atoms with Gasteiger partial charge in [-0.2, -0.15) is 0 Å². The molecule has 0 saturated carbocycles. The topological polar surface area (TPSA) is 41.2 Å². The number of imidazole rings is 1. The van der Waals surface area contributed by atoms with E-state index in [4.69, 9.17) is 4.74 Å². The van der Waals surface area contributed by atoms with Gasteiger partial charge in [-0.25, -0.2) is 4.98 Å². The fraction of sp³-hybridized carbons (Fsp3) is 0.148. The molecule has 0 unspecified atom stereocenters. The summed E-state index contributed by atoms with van der Waals surface area (Å²) in [5.74, 6) is 1.91. The number of aryl methyl sites for hydroxylation is 1. The van der Waals surface area contributed by atoms with E-state index in [9.17, 15) is 0 Å². The van der Waals surface area contributed by atoms with Crippen molar-refractivity contribution in [3.05, 3.63) is 90.3 Å². The summed E-state index contributed by atoms with van der Waals surface area (Å²) in [4.78, 5) is 10.3. The standard InChI is InChI=1S/C27H23N3O/c1-18-28-24-11-9-21(16-25(24)29-18)20-10-12-27-22(15-20)17-30(13-14-31-27)26-8-4-6-19-5-2-3-7-23(19)26/h2-12,15-16H,13-14,17H2,1H3,(H,28,29). The molecule has 0 bridgehead atoms. The maximum Gasteiger partial charge on any atom is 0.124 e. The van der Waals surface area contributed by atoms with E-state index < -0.39 is 0 Å². The molecule has 1 aromatic heterocycles. The van der Waals surface area contributed by atoms with Gasteiger partial charge in [0.1, 0.15) is 18.2 Å². The Labute approximate surface area is 181 Å². The zero-order chi connectivity index (χ0) is 20.8. The van der Waals surface area contributed by atoms with Crippen molar-refractivity contribution in [2.75, 3.05) is 18.1 Å². The van der Waals surface area contributed by atoms with Crippen molar-refractivity contribution >= 4 is 27.5 Å². The first-order chi connectivity index (χ1) is 15.2. The second-order valence-corrected chi connectivity index (χ2v) is 8.14. The molecule has 152 valence electrons. The van der Waals surface area contributed by atoms with Crippen LogP contribution in [0.4, 0.5) is 5.69 Å². The third kappa shape index (κ3) is 3.21. The Hall–Kier alpha value is -3.79. The molecule has 0 spiro atoms. The number of benzene rings is 4. The van der Waals surface area contributed by atoms with E-state index in [1.54, 1.807) is 0 Å². The first kappa shape index (κ1) is 18.0. The Morgan fingerprint density at radius 2 is 1.74 bits per heavy atom. The maximum atomic E-state index is 6.12. The highest BCUT2D eigenvalue weighted by Gasteiger charge is 2.18. The number of aromatic nitrogens is 2. The third-order valence-corrected chi connectivity index (χ3v) is 6.08. The van der Waals surface area contributed by atoms with Gasteiger partial charge in [0.25, 0.3) is 0 Å². The molecule has 2 heterocycles. The maximum absolute atomic E-state index is 6.12. The first-order valence-electron chi connectivity index (χ1n) is 10.7. The quantitative estimate of drug-likeness (QED) is 0.386. The molecule has 1 N–H and O–H groups in total. The highest BCUT2D eigenvalue weighted by molar-refractivity contribution is 5.94. The lowest BCUT2D eigenvalue weighted by Crippen LogP contribution is -2.25. The molecule has 4 aromatic carbocycles. The van der Waals surface area contributed by atoms with Crippen molar-refractivity contribution in [1.29, 1.82) is 0 Å². The van der Waals surface area contributed by atoms with Crippen LogP contribution >= 0.6 is 0 Å². The highest BCUT2D eigenvalue weighted by atomic mass is 16.5. The Morgan fingerprint density at radius 1 is 0.903 bits per heavy atom. The number of hydrogen-bond acceptors (Lipinski definition) is 3. The number of nitrogens with zero attached hydrogens (tertiary/aromatic N) is 2. The molecule has 6 rings (SSSR count). The lowest BCUT2D eigenvalue weighted by molar-refractivity contribution is 0.332. The molecule has 0 atom stereocenters. The van der Waals surface area contributed by atoms with Crippen LogP contribution in [0.15, 0.2) is 78.9 Å². The second kappa shape index (κ2) is 7.17. The minimum absolute atomic E-state index is 0.676. The zero-order valence-electron chi connectivity index (χ0n) is 17.4. The Kier molecular flexibility index (Phi) is 4.17. The highest BCUT2D eigenvalue weighted by Crippen LogP contribution is 2.34. The van der Waals surface area contributed by atoms with Crippen LogP contribution in [0.1, 0.15) is 11.4 Å². The van der Waals surface area contributed by atoms with Crippen molar-refractivity contribution in [2.24, 2.45) is 0 Å². The molecular weight excluding hydrogens is 382 g/mol. The van der Waals surface area contributed by atoms with Crippen molar-refractivity contribution in [3.63, 3.8) is 0 Å². The van der Waals surface area contributed by atoms with Gasteiger partial charge in [0.05, 0.1) is 17.6 Å². The van der Waals surface area contributed by atoms with Gasteiger partial charge >= 0.3 is 0 Å². The van der Waals surface area contributed by atoms with Gasteiger partial charge in [-0.05, 0) is 53.8 Å². The van der Waals surface area contributed by atoms with E-state index >= 15 is 0 Å². The molecule has 1 aliphatic heterocycles. The number of H-pyrrole nitrogens is 1. The van der Waals surface area contributed by atoms with Crippen LogP contribution in [0, 0.1) is 6.92 Å². The molecule has 0 saturated heterocycles. The summed E-state index contributed by atoms with van der Waals surface area (Å²) in [6, 6.07) is 28.0. The first-order valence-corrected chi connectivity index (χ1v) is 10.7. The second-order valence-electron chi connectivity index (χ2n) is 8.14. The zero-order valence-corrected chi connectivity index (χ0v) is 17.4. The van der Waals surface area contributed by atoms with Gasteiger partial charge < -0.3 is 14.6 Å². The van der Waals surface area contributed by atoms with Crippen molar-refractivity contribution < 1.29 is 4.74 Å². The molecule has 5 aromatic rings. The smallest absolute Gasteiger partial charge is 0.124 e. The number of nitrogens with one attached hydrogen (secondary N) is 1.